The molecule has 0 fully saturated rings. The lowest BCUT2D eigenvalue weighted by atomic mass is 10.2. The van der Waals surface area contributed by atoms with Gasteiger partial charge < -0.3 is 20.8 Å². The summed E-state index contributed by atoms with van der Waals surface area (Å²) in [5.41, 5.74) is 0. The summed E-state index contributed by atoms with van der Waals surface area (Å²) in [6.07, 6.45) is 0.932. The summed E-state index contributed by atoms with van der Waals surface area (Å²) in [6, 6.07) is -1.01. The van der Waals surface area contributed by atoms with Gasteiger partial charge in [-0.1, -0.05) is 6.92 Å². The Balaban J connectivity index is 3.84. The molecule has 6 nitrogen and oxygen atoms in total. The molecule has 0 rings (SSSR count). The molecular weight excluding hydrogens is 200 g/mol. The van der Waals surface area contributed by atoms with E-state index in [9.17, 15) is 9.59 Å². The topological polar surface area (TPSA) is 98.7 Å². The third-order valence-electron chi connectivity index (χ3n) is 1.76. The van der Waals surface area contributed by atoms with Gasteiger partial charge >= 0.3 is 5.97 Å². The van der Waals surface area contributed by atoms with E-state index in [-0.39, 0.29) is 25.5 Å². The van der Waals surface area contributed by atoms with Crippen LogP contribution in [-0.4, -0.2) is 47.8 Å². The van der Waals surface area contributed by atoms with Crippen molar-refractivity contribution in [3.63, 3.8) is 0 Å². The quantitative estimate of drug-likeness (QED) is 0.389. The van der Waals surface area contributed by atoms with Gasteiger partial charge in [0.25, 0.3) is 0 Å². The van der Waals surface area contributed by atoms with Crippen molar-refractivity contribution in [2.75, 3.05) is 19.7 Å². The summed E-state index contributed by atoms with van der Waals surface area (Å²) in [7, 11) is 0. The van der Waals surface area contributed by atoms with E-state index in [4.69, 9.17) is 10.2 Å². The molecule has 4 N–H and O–H groups in total. The van der Waals surface area contributed by atoms with Gasteiger partial charge in [-0.3, -0.25) is 4.79 Å². The third kappa shape index (κ3) is 6.87. The molecule has 0 heterocycles. The smallest absolute Gasteiger partial charge is 0.326 e. The predicted molar refractivity (Wildman–Crippen MR) is 54.4 cm³/mol. The lowest BCUT2D eigenvalue weighted by molar-refractivity contribution is -0.142. The van der Waals surface area contributed by atoms with Gasteiger partial charge in [0.05, 0.1) is 6.54 Å². The van der Waals surface area contributed by atoms with Crippen molar-refractivity contribution in [1.29, 1.82) is 0 Å². The summed E-state index contributed by atoms with van der Waals surface area (Å²) in [6.45, 7) is 2.52. The van der Waals surface area contributed by atoms with Crippen molar-refractivity contribution in [3.8, 4) is 0 Å². The highest BCUT2D eigenvalue weighted by molar-refractivity contribution is 5.84. The van der Waals surface area contributed by atoms with Crippen LogP contribution in [0.25, 0.3) is 0 Å². The second kappa shape index (κ2) is 8.19. The number of aliphatic hydroxyl groups excluding tert-OH is 1. The molecule has 0 aliphatic heterocycles. The second-order valence-corrected chi connectivity index (χ2v) is 3.15. The number of hydrogen-bond acceptors (Lipinski definition) is 4. The Morgan fingerprint density at radius 1 is 1.40 bits per heavy atom. The van der Waals surface area contributed by atoms with Crippen LogP contribution in [0.2, 0.25) is 0 Å². The van der Waals surface area contributed by atoms with Crippen LogP contribution in [0, 0.1) is 0 Å². The van der Waals surface area contributed by atoms with E-state index in [2.05, 4.69) is 10.6 Å². The molecule has 1 amide bonds. The highest BCUT2D eigenvalue weighted by Crippen LogP contribution is 1.90. The Hall–Kier alpha value is -1.14. The van der Waals surface area contributed by atoms with Crippen molar-refractivity contribution < 1.29 is 19.8 Å². The van der Waals surface area contributed by atoms with E-state index in [1.807, 2.05) is 6.92 Å². The van der Waals surface area contributed by atoms with Crippen molar-refractivity contribution in [2.24, 2.45) is 0 Å². The zero-order valence-electron chi connectivity index (χ0n) is 8.82. The SMILES string of the molecule is CCCNCC(=O)NC(CCO)C(=O)O. The maximum Gasteiger partial charge on any atom is 0.326 e. The fourth-order valence-corrected chi connectivity index (χ4v) is 1.01. The highest BCUT2D eigenvalue weighted by atomic mass is 16.4. The molecule has 88 valence electrons. The molecule has 0 aliphatic carbocycles. The van der Waals surface area contributed by atoms with Crippen LogP contribution in [0.4, 0.5) is 0 Å². The minimum absolute atomic E-state index is 0.0227. The van der Waals surface area contributed by atoms with Crippen LogP contribution in [0.5, 0.6) is 0 Å². The zero-order valence-corrected chi connectivity index (χ0v) is 8.82. The molecule has 0 saturated heterocycles. The van der Waals surface area contributed by atoms with Crippen molar-refractivity contribution in [1.82, 2.24) is 10.6 Å². The summed E-state index contributed by atoms with van der Waals surface area (Å²) >= 11 is 0. The van der Waals surface area contributed by atoms with Crippen LogP contribution in [0.15, 0.2) is 0 Å². The zero-order chi connectivity index (χ0) is 11.7. The van der Waals surface area contributed by atoms with Gasteiger partial charge in [0, 0.05) is 13.0 Å². The number of amides is 1. The Morgan fingerprint density at radius 3 is 2.53 bits per heavy atom. The minimum Gasteiger partial charge on any atom is -0.480 e. The number of rotatable bonds is 8. The molecule has 0 spiro atoms. The van der Waals surface area contributed by atoms with Gasteiger partial charge in [0.1, 0.15) is 6.04 Å². The minimum atomic E-state index is -1.13. The Bertz CT molecular complexity index is 208. The van der Waals surface area contributed by atoms with Gasteiger partial charge in [-0.25, -0.2) is 4.79 Å². The van der Waals surface area contributed by atoms with Crippen LogP contribution >= 0.6 is 0 Å². The molecule has 0 aromatic heterocycles. The number of nitrogens with one attached hydrogen (secondary N) is 2. The number of carboxylic acids is 1. The lowest BCUT2D eigenvalue weighted by Gasteiger charge is -2.13. The van der Waals surface area contributed by atoms with Gasteiger partial charge in [0.2, 0.25) is 5.91 Å². The van der Waals surface area contributed by atoms with E-state index in [1.165, 1.54) is 0 Å². The van der Waals surface area contributed by atoms with Crippen molar-refractivity contribution >= 4 is 11.9 Å². The van der Waals surface area contributed by atoms with Gasteiger partial charge in [-0.05, 0) is 13.0 Å². The molecule has 0 bridgehead atoms. The summed E-state index contributed by atoms with van der Waals surface area (Å²) in [4.78, 5) is 21.8. The van der Waals surface area contributed by atoms with Crippen molar-refractivity contribution in [2.45, 2.75) is 25.8 Å². The normalized spacial score (nSPS) is 12.1. The lowest BCUT2D eigenvalue weighted by Crippen LogP contribution is -2.45. The van der Waals surface area contributed by atoms with Crippen LogP contribution < -0.4 is 10.6 Å². The maximum absolute atomic E-state index is 11.2. The van der Waals surface area contributed by atoms with Crippen LogP contribution in [0.1, 0.15) is 19.8 Å². The van der Waals surface area contributed by atoms with E-state index in [1.54, 1.807) is 0 Å². The first-order valence-electron chi connectivity index (χ1n) is 4.95. The highest BCUT2D eigenvalue weighted by Gasteiger charge is 2.18. The monoisotopic (exact) mass is 218 g/mol. The van der Waals surface area contributed by atoms with Gasteiger partial charge in [0.15, 0.2) is 0 Å². The summed E-state index contributed by atoms with van der Waals surface area (Å²) in [5.74, 6) is -1.50. The maximum atomic E-state index is 11.2. The molecule has 1 atom stereocenters. The molecule has 0 aromatic rings. The first kappa shape index (κ1) is 13.9. The van der Waals surface area contributed by atoms with Gasteiger partial charge in [-0.15, -0.1) is 0 Å². The average molecular weight is 218 g/mol. The molecule has 0 aliphatic rings. The largest absolute Gasteiger partial charge is 0.480 e. The van der Waals surface area contributed by atoms with Crippen LogP contribution in [0.3, 0.4) is 0 Å². The summed E-state index contributed by atoms with van der Waals surface area (Å²) < 4.78 is 0. The standard InChI is InChI=1S/C9H18N2O4/c1-2-4-10-6-8(13)11-7(3-5-12)9(14)15/h7,10,12H,2-6H2,1H3,(H,11,13)(H,14,15). The van der Waals surface area contributed by atoms with E-state index in [0.717, 1.165) is 6.42 Å². The van der Waals surface area contributed by atoms with Crippen LogP contribution in [-0.2, 0) is 9.59 Å². The number of carboxylic acid groups (broad SMARTS) is 1. The summed E-state index contributed by atoms with van der Waals surface area (Å²) in [5, 5.41) is 22.4. The average Bonchev–Trinajstić information content (AvgIpc) is 2.17. The predicted octanol–water partition coefficient (Wildman–Crippen LogP) is -1.06. The Morgan fingerprint density at radius 2 is 2.07 bits per heavy atom. The molecule has 1 unspecified atom stereocenters. The molecule has 0 radical (unpaired) electrons. The van der Waals surface area contributed by atoms with E-state index < -0.39 is 12.0 Å². The first-order chi connectivity index (χ1) is 7.11. The van der Waals surface area contributed by atoms with E-state index >= 15 is 0 Å². The third-order valence-corrected chi connectivity index (χ3v) is 1.76. The molecular formula is C9H18N2O4. The molecule has 0 saturated carbocycles. The fraction of sp³-hybridized carbons (Fsp3) is 0.778. The number of hydrogen-bond donors (Lipinski definition) is 4. The molecule has 15 heavy (non-hydrogen) atoms. The van der Waals surface area contributed by atoms with Gasteiger partial charge in [-0.2, -0.15) is 0 Å². The fourth-order valence-electron chi connectivity index (χ4n) is 1.01. The number of carbonyl (C=O) groups excluding carboxylic acids is 1. The number of aliphatic hydroxyl groups is 1. The first-order valence-corrected chi connectivity index (χ1v) is 4.95. The van der Waals surface area contributed by atoms with E-state index in [0.29, 0.717) is 6.54 Å². The molecule has 6 heteroatoms. The Labute approximate surface area is 88.7 Å². The van der Waals surface area contributed by atoms with Crippen molar-refractivity contribution in [3.05, 3.63) is 0 Å². The number of carbonyl (C=O) groups is 2. The number of aliphatic carboxylic acids is 1. The second-order valence-electron chi connectivity index (χ2n) is 3.15. The molecule has 0 aromatic carbocycles. The Kier molecular flexibility index (Phi) is 7.57.